The number of benzene rings is 2. The van der Waals surface area contributed by atoms with E-state index in [0.29, 0.717) is 19.6 Å². The summed E-state index contributed by atoms with van der Waals surface area (Å²) in [4.78, 5) is 13.7. The van der Waals surface area contributed by atoms with Crippen molar-refractivity contribution < 1.29 is 14.3 Å². The number of ether oxygens (including phenoxy) is 2. The summed E-state index contributed by atoms with van der Waals surface area (Å²) < 4.78 is 11.5. The van der Waals surface area contributed by atoms with Crippen LogP contribution in [0.3, 0.4) is 0 Å². The Morgan fingerprint density at radius 3 is 2.48 bits per heavy atom. The summed E-state index contributed by atoms with van der Waals surface area (Å²) in [7, 11) is 0. The lowest BCUT2D eigenvalue weighted by molar-refractivity contribution is -0.116. The van der Waals surface area contributed by atoms with Crippen molar-refractivity contribution in [2.24, 2.45) is 0 Å². The van der Waals surface area contributed by atoms with E-state index in [2.05, 4.69) is 41.9 Å². The monoisotopic (exact) mass is 407 g/mol. The second-order valence-corrected chi connectivity index (χ2v) is 8.04. The highest BCUT2D eigenvalue weighted by molar-refractivity contribution is 7.11. The molecule has 4 rings (SSSR count). The molecule has 1 N–H and O–H groups in total. The first-order chi connectivity index (χ1) is 14.1. The number of anilines is 1. The third-order valence-electron chi connectivity index (χ3n) is 5.12. The molecule has 1 atom stereocenters. The standard InChI is InChI=1S/C24H25NO3S/c1-4-27-20-11-10-17(12-21(20)28-5-2)18-13-22(26)25-23-19(14-29-24(18)23)16-8-6-15(3)7-9-16/h6-12,14,18H,4-5,13H2,1-3H3,(H,25,26)/t18-/m0/s1. The maximum Gasteiger partial charge on any atom is 0.225 e. The number of carbonyl (C=O) groups is 1. The maximum atomic E-state index is 12.6. The van der Waals surface area contributed by atoms with Crippen molar-refractivity contribution in [1.82, 2.24) is 0 Å². The fraction of sp³-hybridized carbons (Fsp3) is 0.292. The molecule has 3 aromatic rings. The SMILES string of the molecule is CCOc1ccc([C@@H]2CC(=O)Nc3c(-c4ccc(C)cc4)csc32)cc1OCC. The number of hydrogen-bond acceptors (Lipinski definition) is 4. The third kappa shape index (κ3) is 3.87. The van der Waals surface area contributed by atoms with E-state index in [-0.39, 0.29) is 11.8 Å². The Morgan fingerprint density at radius 2 is 1.76 bits per heavy atom. The van der Waals surface area contributed by atoms with Crippen LogP contribution in [-0.2, 0) is 4.79 Å². The summed E-state index contributed by atoms with van der Waals surface area (Å²) in [6.07, 6.45) is 0.431. The van der Waals surface area contributed by atoms with Crippen molar-refractivity contribution in [3.8, 4) is 22.6 Å². The normalized spacial score (nSPS) is 15.6. The molecule has 4 nitrogen and oxygen atoms in total. The van der Waals surface area contributed by atoms with Gasteiger partial charge < -0.3 is 14.8 Å². The molecule has 0 unspecified atom stereocenters. The lowest BCUT2D eigenvalue weighted by atomic mass is 9.89. The van der Waals surface area contributed by atoms with Crippen molar-refractivity contribution in [3.63, 3.8) is 0 Å². The number of hydrogen-bond donors (Lipinski definition) is 1. The molecular weight excluding hydrogens is 382 g/mol. The van der Waals surface area contributed by atoms with Crippen LogP contribution in [0.15, 0.2) is 47.8 Å². The van der Waals surface area contributed by atoms with Crippen molar-refractivity contribution in [2.45, 2.75) is 33.1 Å². The Kier molecular flexibility index (Phi) is 5.58. The highest BCUT2D eigenvalue weighted by Crippen LogP contribution is 2.47. The highest BCUT2D eigenvalue weighted by Gasteiger charge is 2.31. The number of thiophene rings is 1. The van der Waals surface area contributed by atoms with Gasteiger partial charge in [0.25, 0.3) is 0 Å². The Morgan fingerprint density at radius 1 is 1.03 bits per heavy atom. The van der Waals surface area contributed by atoms with E-state index in [4.69, 9.17) is 9.47 Å². The van der Waals surface area contributed by atoms with Crippen LogP contribution in [-0.4, -0.2) is 19.1 Å². The van der Waals surface area contributed by atoms with Gasteiger partial charge in [-0.2, -0.15) is 0 Å². The average molecular weight is 408 g/mol. The van der Waals surface area contributed by atoms with E-state index in [9.17, 15) is 4.79 Å². The van der Waals surface area contributed by atoms with Crippen LogP contribution in [0.2, 0.25) is 0 Å². The van der Waals surface area contributed by atoms with Gasteiger partial charge in [-0.25, -0.2) is 0 Å². The first-order valence-electron chi connectivity index (χ1n) is 9.98. The van der Waals surface area contributed by atoms with E-state index in [0.717, 1.165) is 33.9 Å². The molecule has 5 heteroatoms. The van der Waals surface area contributed by atoms with E-state index < -0.39 is 0 Å². The highest BCUT2D eigenvalue weighted by atomic mass is 32.1. The zero-order valence-corrected chi connectivity index (χ0v) is 17.8. The number of nitrogens with one attached hydrogen (secondary N) is 1. The molecular formula is C24H25NO3S. The van der Waals surface area contributed by atoms with Gasteiger partial charge in [0.1, 0.15) is 0 Å². The molecule has 2 aromatic carbocycles. The van der Waals surface area contributed by atoms with Crippen molar-refractivity contribution >= 4 is 22.9 Å². The molecule has 0 saturated heterocycles. The van der Waals surface area contributed by atoms with Crippen LogP contribution < -0.4 is 14.8 Å². The predicted molar refractivity (Wildman–Crippen MR) is 118 cm³/mol. The summed E-state index contributed by atoms with van der Waals surface area (Å²) in [5.41, 5.74) is 5.43. The largest absolute Gasteiger partial charge is 0.490 e. The molecule has 1 amide bonds. The lowest BCUT2D eigenvalue weighted by Gasteiger charge is -2.25. The molecule has 1 aliphatic rings. The average Bonchev–Trinajstić information content (AvgIpc) is 3.13. The second kappa shape index (κ2) is 8.29. The first kappa shape index (κ1) is 19.5. The zero-order valence-electron chi connectivity index (χ0n) is 17.0. The van der Waals surface area contributed by atoms with Gasteiger partial charge in [0, 0.05) is 28.2 Å². The lowest BCUT2D eigenvalue weighted by Crippen LogP contribution is -2.22. The van der Waals surface area contributed by atoms with E-state index in [1.54, 1.807) is 11.3 Å². The van der Waals surface area contributed by atoms with E-state index in [1.807, 2.05) is 32.0 Å². The Balaban J connectivity index is 1.75. The summed E-state index contributed by atoms with van der Waals surface area (Å²) in [6.45, 7) is 7.14. The maximum absolute atomic E-state index is 12.6. The van der Waals surface area contributed by atoms with Crippen molar-refractivity contribution in [1.29, 1.82) is 0 Å². The van der Waals surface area contributed by atoms with Gasteiger partial charge in [0.05, 0.1) is 18.9 Å². The number of rotatable bonds is 6. The minimum absolute atomic E-state index is 0.0119. The molecule has 29 heavy (non-hydrogen) atoms. The van der Waals surface area contributed by atoms with Crippen LogP contribution in [0.4, 0.5) is 5.69 Å². The number of fused-ring (bicyclic) bond motifs is 1. The molecule has 1 aliphatic heterocycles. The molecule has 0 fully saturated rings. The fourth-order valence-corrected chi connectivity index (χ4v) is 4.89. The van der Waals surface area contributed by atoms with Crippen molar-refractivity contribution in [2.75, 3.05) is 18.5 Å². The summed E-state index contributed by atoms with van der Waals surface area (Å²) >= 11 is 1.70. The summed E-state index contributed by atoms with van der Waals surface area (Å²) in [5, 5.41) is 5.25. The van der Waals surface area contributed by atoms with E-state index in [1.165, 1.54) is 10.4 Å². The smallest absolute Gasteiger partial charge is 0.225 e. The Hall–Kier alpha value is -2.79. The molecule has 0 saturated carbocycles. The van der Waals surface area contributed by atoms with Gasteiger partial charge in [0.2, 0.25) is 5.91 Å². The molecule has 0 bridgehead atoms. The van der Waals surface area contributed by atoms with Crippen LogP contribution in [0.25, 0.3) is 11.1 Å². The van der Waals surface area contributed by atoms with Crippen LogP contribution >= 0.6 is 11.3 Å². The molecule has 0 aliphatic carbocycles. The fourth-order valence-electron chi connectivity index (χ4n) is 3.73. The first-order valence-corrected chi connectivity index (χ1v) is 10.9. The molecule has 0 radical (unpaired) electrons. The number of aryl methyl sites for hydroxylation is 1. The van der Waals surface area contributed by atoms with Crippen LogP contribution in [0, 0.1) is 6.92 Å². The molecule has 1 aromatic heterocycles. The Bertz CT molecular complexity index is 1020. The minimum Gasteiger partial charge on any atom is -0.490 e. The van der Waals surface area contributed by atoms with Gasteiger partial charge in [-0.3, -0.25) is 4.79 Å². The number of carbonyl (C=O) groups excluding carboxylic acids is 1. The number of amides is 1. The van der Waals surface area contributed by atoms with E-state index >= 15 is 0 Å². The van der Waals surface area contributed by atoms with Crippen molar-refractivity contribution in [3.05, 3.63) is 63.8 Å². The van der Waals surface area contributed by atoms with Crippen LogP contribution in [0.5, 0.6) is 11.5 Å². The molecule has 0 spiro atoms. The summed E-state index contributed by atoms with van der Waals surface area (Å²) in [6, 6.07) is 14.4. The molecule has 2 heterocycles. The van der Waals surface area contributed by atoms with Gasteiger partial charge in [-0.05, 0) is 44.0 Å². The third-order valence-corrected chi connectivity index (χ3v) is 6.22. The van der Waals surface area contributed by atoms with Gasteiger partial charge in [-0.1, -0.05) is 35.9 Å². The Labute approximate surface area is 175 Å². The summed E-state index contributed by atoms with van der Waals surface area (Å²) in [5.74, 6) is 1.53. The topological polar surface area (TPSA) is 47.6 Å². The van der Waals surface area contributed by atoms with Gasteiger partial charge in [-0.15, -0.1) is 11.3 Å². The minimum atomic E-state index is 0.0119. The predicted octanol–water partition coefficient (Wildman–Crippen LogP) is 6.00. The molecule has 150 valence electrons. The quantitative estimate of drug-likeness (QED) is 0.545. The zero-order chi connectivity index (χ0) is 20.4. The second-order valence-electron chi connectivity index (χ2n) is 7.13. The van der Waals surface area contributed by atoms with Crippen LogP contribution in [0.1, 0.15) is 42.2 Å². The van der Waals surface area contributed by atoms with Gasteiger partial charge in [0.15, 0.2) is 11.5 Å². The van der Waals surface area contributed by atoms with Gasteiger partial charge >= 0.3 is 0 Å².